The van der Waals surface area contributed by atoms with E-state index in [0.717, 1.165) is 34.1 Å². The van der Waals surface area contributed by atoms with Gasteiger partial charge in [0.15, 0.2) is 0 Å². The summed E-state index contributed by atoms with van der Waals surface area (Å²) in [5.41, 5.74) is 7.76. The van der Waals surface area contributed by atoms with Gasteiger partial charge in [0.05, 0.1) is 6.42 Å². The van der Waals surface area contributed by atoms with Crippen LogP contribution in [0.5, 0.6) is 0 Å². The molecule has 2 unspecified atom stereocenters. The fourth-order valence-electron chi connectivity index (χ4n) is 5.10. The number of anilines is 1. The summed E-state index contributed by atoms with van der Waals surface area (Å²) in [7, 11) is 4.02. The highest BCUT2D eigenvalue weighted by atomic mass is 35.5. The van der Waals surface area contributed by atoms with Crippen LogP contribution in [0, 0.1) is 5.41 Å². The van der Waals surface area contributed by atoms with Gasteiger partial charge in [0.1, 0.15) is 12.2 Å². The maximum Gasteiger partial charge on any atom is 0.256 e. The van der Waals surface area contributed by atoms with Gasteiger partial charge in [-0.05, 0) is 54.0 Å². The Bertz CT molecular complexity index is 1250. The Morgan fingerprint density at radius 2 is 1.80 bits per heavy atom. The zero-order valence-corrected chi connectivity index (χ0v) is 21.4. The lowest BCUT2D eigenvalue weighted by molar-refractivity contribution is -0.137. The van der Waals surface area contributed by atoms with Crippen molar-refractivity contribution in [1.82, 2.24) is 4.90 Å². The van der Waals surface area contributed by atoms with Crippen LogP contribution in [0.2, 0.25) is 5.02 Å². The summed E-state index contributed by atoms with van der Waals surface area (Å²) < 4.78 is 6.47. The normalized spacial score (nSPS) is 18.6. The van der Waals surface area contributed by atoms with Crippen molar-refractivity contribution in [3.63, 3.8) is 0 Å². The van der Waals surface area contributed by atoms with E-state index in [-0.39, 0.29) is 17.7 Å². The number of benzene rings is 3. The van der Waals surface area contributed by atoms with Crippen molar-refractivity contribution in [3.8, 4) is 0 Å². The lowest BCUT2D eigenvalue weighted by Gasteiger charge is -2.35. The Balaban J connectivity index is 1.91. The molecule has 1 aliphatic rings. The van der Waals surface area contributed by atoms with Crippen molar-refractivity contribution in [3.05, 3.63) is 76.8 Å². The van der Waals surface area contributed by atoms with Crippen LogP contribution in [0.3, 0.4) is 0 Å². The minimum Gasteiger partial charge on any atom is -0.370 e. The molecule has 2 N–H and O–H groups in total. The summed E-state index contributed by atoms with van der Waals surface area (Å²) in [4.78, 5) is 29.7. The molecule has 0 fully saturated rings. The number of amides is 2. The summed E-state index contributed by atoms with van der Waals surface area (Å²) in [5.74, 6) is -0.863. The zero-order valence-electron chi connectivity index (χ0n) is 20.6. The standard InChI is InChI=1S/C28H32ClN3O3/c1-28(2,16-31(3)4)17-32-23-13-12-19(29)14-22(23)26(35-24(27(32)34)15-25(30)33)21-11-7-9-18-8-5-6-10-20(18)21/h5-14,24,26H,15-17H2,1-4H3,(H2,30,33). The third kappa shape index (κ3) is 5.50. The molecule has 2 amide bonds. The van der Waals surface area contributed by atoms with E-state index in [1.54, 1.807) is 11.0 Å². The Morgan fingerprint density at radius 3 is 2.51 bits per heavy atom. The molecule has 1 aliphatic heterocycles. The molecule has 4 rings (SSSR count). The Kier molecular flexibility index (Phi) is 7.17. The van der Waals surface area contributed by atoms with Crippen LogP contribution < -0.4 is 10.6 Å². The Labute approximate surface area is 211 Å². The molecule has 0 saturated carbocycles. The SMILES string of the molecule is CN(C)CC(C)(C)CN1C(=O)C(CC(N)=O)OC(c2cccc3ccccc23)c2cc(Cl)ccc21. The molecule has 7 heteroatoms. The minimum atomic E-state index is -1.02. The molecule has 0 aromatic heterocycles. The number of rotatable bonds is 7. The highest BCUT2D eigenvalue weighted by Gasteiger charge is 2.39. The van der Waals surface area contributed by atoms with Gasteiger partial charge in [-0.2, -0.15) is 0 Å². The number of hydrogen-bond donors (Lipinski definition) is 1. The van der Waals surface area contributed by atoms with Crippen LogP contribution >= 0.6 is 11.6 Å². The number of ether oxygens (including phenoxy) is 1. The number of fused-ring (bicyclic) bond motifs is 2. The number of nitrogens with two attached hydrogens (primary N) is 1. The van der Waals surface area contributed by atoms with Gasteiger partial charge in [-0.3, -0.25) is 9.59 Å². The molecule has 0 aliphatic carbocycles. The molecule has 2 atom stereocenters. The van der Waals surface area contributed by atoms with Crippen LogP contribution in [0.25, 0.3) is 10.8 Å². The van der Waals surface area contributed by atoms with Crippen LogP contribution in [0.1, 0.15) is 37.5 Å². The van der Waals surface area contributed by atoms with E-state index in [4.69, 9.17) is 22.1 Å². The molecule has 0 radical (unpaired) electrons. The van der Waals surface area contributed by atoms with Gasteiger partial charge >= 0.3 is 0 Å². The van der Waals surface area contributed by atoms with Gasteiger partial charge in [0.2, 0.25) is 5.91 Å². The second-order valence-electron chi connectivity index (χ2n) is 10.3. The third-order valence-electron chi connectivity index (χ3n) is 6.23. The predicted octanol–water partition coefficient (Wildman–Crippen LogP) is 4.78. The van der Waals surface area contributed by atoms with Crippen molar-refractivity contribution in [2.45, 2.75) is 32.5 Å². The molecule has 3 aromatic carbocycles. The monoisotopic (exact) mass is 493 g/mol. The van der Waals surface area contributed by atoms with E-state index in [0.29, 0.717) is 11.6 Å². The van der Waals surface area contributed by atoms with Crippen molar-refractivity contribution in [2.24, 2.45) is 11.1 Å². The van der Waals surface area contributed by atoms with E-state index in [9.17, 15) is 9.59 Å². The van der Waals surface area contributed by atoms with Crippen molar-refractivity contribution < 1.29 is 14.3 Å². The average molecular weight is 494 g/mol. The first-order valence-electron chi connectivity index (χ1n) is 11.7. The van der Waals surface area contributed by atoms with E-state index in [2.05, 4.69) is 18.7 Å². The van der Waals surface area contributed by atoms with Gasteiger partial charge in [0.25, 0.3) is 5.91 Å². The molecule has 0 bridgehead atoms. The van der Waals surface area contributed by atoms with Gasteiger partial charge in [-0.15, -0.1) is 0 Å². The number of nitrogens with zero attached hydrogens (tertiary/aromatic N) is 2. The number of hydrogen-bond acceptors (Lipinski definition) is 4. The van der Waals surface area contributed by atoms with E-state index >= 15 is 0 Å². The van der Waals surface area contributed by atoms with Crippen molar-refractivity contribution >= 4 is 39.9 Å². The minimum absolute atomic E-state index is 0.202. The first-order chi connectivity index (χ1) is 16.6. The first kappa shape index (κ1) is 25.2. The fourth-order valence-corrected chi connectivity index (χ4v) is 5.29. The lowest BCUT2D eigenvalue weighted by Crippen LogP contribution is -2.47. The molecule has 6 nitrogen and oxygen atoms in total. The van der Waals surface area contributed by atoms with Gasteiger partial charge in [-0.25, -0.2) is 0 Å². The highest BCUT2D eigenvalue weighted by Crippen LogP contribution is 2.42. The molecule has 3 aromatic rings. The summed E-state index contributed by atoms with van der Waals surface area (Å²) in [5, 5.41) is 2.62. The van der Waals surface area contributed by atoms with Crippen LogP contribution in [0.15, 0.2) is 60.7 Å². The van der Waals surface area contributed by atoms with Crippen molar-refractivity contribution in [1.29, 1.82) is 0 Å². The number of carbonyl (C=O) groups excluding carboxylic acids is 2. The first-order valence-corrected chi connectivity index (χ1v) is 12.1. The second-order valence-corrected chi connectivity index (χ2v) is 10.7. The van der Waals surface area contributed by atoms with Gasteiger partial charge in [-0.1, -0.05) is 67.9 Å². The predicted molar refractivity (Wildman–Crippen MR) is 141 cm³/mol. The van der Waals surface area contributed by atoms with Crippen LogP contribution in [0.4, 0.5) is 5.69 Å². The Morgan fingerprint density at radius 1 is 1.09 bits per heavy atom. The van der Waals surface area contributed by atoms with Crippen molar-refractivity contribution in [2.75, 3.05) is 32.1 Å². The summed E-state index contributed by atoms with van der Waals surface area (Å²) in [6, 6.07) is 19.6. The summed E-state index contributed by atoms with van der Waals surface area (Å²) in [6.07, 6.45) is -1.82. The van der Waals surface area contributed by atoms with E-state index in [1.165, 1.54) is 0 Å². The maximum atomic E-state index is 13.9. The topological polar surface area (TPSA) is 75.9 Å². The second kappa shape index (κ2) is 9.97. The van der Waals surface area contributed by atoms with Gasteiger partial charge < -0.3 is 20.3 Å². The fraction of sp³-hybridized carbons (Fsp3) is 0.357. The highest BCUT2D eigenvalue weighted by molar-refractivity contribution is 6.30. The molecular formula is C28H32ClN3O3. The zero-order chi connectivity index (χ0) is 25.3. The largest absolute Gasteiger partial charge is 0.370 e. The van der Waals surface area contributed by atoms with Crippen LogP contribution in [-0.2, 0) is 14.3 Å². The van der Waals surface area contributed by atoms with Crippen LogP contribution in [-0.4, -0.2) is 50.0 Å². The summed E-state index contributed by atoms with van der Waals surface area (Å²) in [6.45, 7) is 5.45. The molecule has 0 saturated heterocycles. The Hall–Kier alpha value is -2.93. The number of carbonyl (C=O) groups is 2. The third-order valence-corrected chi connectivity index (χ3v) is 6.46. The maximum absolute atomic E-state index is 13.9. The smallest absolute Gasteiger partial charge is 0.256 e. The number of primary amides is 1. The molecule has 35 heavy (non-hydrogen) atoms. The molecular weight excluding hydrogens is 462 g/mol. The summed E-state index contributed by atoms with van der Waals surface area (Å²) >= 11 is 6.47. The quantitative estimate of drug-likeness (QED) is 0.514. The van der Waals surface area contributed by atoms with E-state index < -0.39 is 18.1 Å². The number of halogens is 1. The lowest BCUT2D eigenvalue weighted by atomic mass is 9.90. The molecule has 0 spiro atoms. The van der Waals surface area contributed by atoms with Gasteiger partial charge in [0, 0.05) is 29.4 Å². The molecule has 1 heterocycles. The molecule has 184 valence electrons. The van der Waals surface area contributed by atoms with E-state index in [1.807, 2.05) is 68.7 Å². The average Bonchev–Trinajstić information content (AvgIpc) is 2.87.